The van der Waals surface area contributed by atoms with Gasteiger partial charge in [0.1, 0.15) is 0 Å². The highest BCUT2D eigenvalue weighted by Gasteiger charge is 2.05. The zero-order chi connectivity index (χ0) is 7.11. The van der Waals surface area contributed by atoms with E-state index in [1.54, 1.807) is 14.2 Å². The Labute approximate surface area is 57.6 Å². The van der Waals surface area contributed by atoms with E-state index in [0.29, 0.717) is 0 Å². The van der Waals surface area contributed by atoms with Gasteiger partial charge in [-0.1, -0.05) is 0 Å². The topological polar surface area (TPSA) is 21.3 Å². The summed E-state index contributed by atoms with van der Waals surface area (Å²) in [6.45, 7) is 3.47. The Balaban J connectivity index is 0.000000187. The molecule has 0 amide bonds. The minimum atomic E-state index is 0.796. The Kier molecular flexibility index (Phi) is 5.99. The first-order valence-electron chi connectivity index (χ1n) is 3.44. The summed E-state index contributed by atoms with van der Waals surface area (Å²) in [5, 5.41) is 3.32. The summed E-state index contributed by atoms with van der Waals surface area (Å²) < 4.78 is 4.25. The van der Waals surface area contributed by atoms with Crippen LogP contribution in [0.5, 0.6) is 0 Å². The van der Waals surface area contributed by atoms with Crippen LogP contribution in [0.1, 0.15) is 19.8 Å². The molecule has 9 heavy (non-hydrogen) atoms. The fraction of sp³-hybridized carbons (Fsp3) is 1.00. The van der Waals surface area contributed by atoms with Crippen molar-refractivity contribution in [1.29, 1.82) is 0 Å². The molecule has 0 spiro atoms. The Bertz CT molecular complexity index is 50.9. The molecule has 1 aliphatic heterocycles. The van der Waals surface area contributed by atoms with Gasteiger partial charge in [-0.2, -0.15) is 0 Å². The summed E-state index contributed by atoms with van der Waals surface area (Å²) in [5.74, 6) is 0. The number of rotatable bonds is 0. The predicted octanol–water partition coefficient (Wildman–Crippen LogP) is 1.02. The van der Waals surface area contributed by atoms with E-state index in [2.05, 4.69) is 17.0 Å². The van der Waals surface area contributed by atoms with Gasteiger partial charge in [0.05, 0.1) is 0 Å². The number of methoxy groups -OCH3 is 1. The molecule has 1 aliphatic rings. The van der Waals surface area contributed by atoms with Crippen molar-refractivity contribution in [3.63, 3.8) is 0 Å². The van der Waals surface area contributed by atoms with Crippen molar-refractivity contribution in [2.24, 2.45) is 0 Å². The SMILES string of the molecule is CC1CCCN1.COC. The maximum absolute atomic E-state index is 4.25. The second kappa shape index (κ2) is 6.05. The molecule has 0 aromatic carbocycles. The number of hydrogen-bond donors (Lipinski definition) is 1. The average molecular weight is 131 g/mol. The summed E-state index contributed by atoms with van der Waals surface area (Å²) in [7, 11) is 3.25. The molecule has 0 aromatic heterocycles. The third-order valence-corrected chi connectivity index (χ3v) is 1.31. The molecule has 1 rings (SSSR count). The van der Waals surface area contributed by atoms with Gasteiger partial charge in [-0.3, -0.25) is 0 Å². The van der Waals surface area contributed by atoms with Gasteiger partial charge < -0.3 is 10.1 Å². The van der Waals surface area contributed by atoms with Crippen LogP contribution in [0.3, 0.4) is 0 Å². The summed E-state index contributed by atoms with van der Waals surface area (Å²) in [6.07, 6.45) is 2.75. The fourth-order valence-electron chi connectivity index (χ4n) is 0.859. The largest absolute Gasteiger partial charge is 0.388 e. The lowest BCUT2D eigenvalue weighted by Gasteiger charge is -1.95. The van der Waals surface area contributed by atoms with Crippen LogP contribution >= 0.6 is 0 Å². The van der Waals surface area contributed by atoms with Crippen LogP contribution < -0.4 is 5.32 Å². The number of nitrogens with one attached hydrogen (secondary N) is 1. The highest BCUT2D eigenvalue weighted by atomic mass is 16.4. The first-order chi connectivity index (χ1) is 4.31. The monoisotopic (exact) mass is 131 g/mol. The molecule has 0 aromatic rings. The van der Waals surface area contributed by atoms with Crippen LogP contribution in [0.4, 0.5) is 0 Å². The quantitative estimate of drug-likeness (QED) is 0.530. The smallest absolute Gasteiger partial charge is 0.0351 e. The van der Waals surface area contributed by atoms with Crippen molar-refractivity contribution in [1.82, 2.24) is 5.32 Å². The van der Waals surface area contributed by atoms with Gasteiger partial charge in [0.25, 0.3) is 0 Å². The minimum absolute atomic E-state index is 0.796. The van der Waals surface area contributed by atoms with E-state index in [-0.39, 0.29) is 0 Å². The van der Waals surface area contributed by atoms with Crippen molar-refractivity contribution >= 4 is 0 Å². The summed E-state index contributed by atoms with van der Waals surface area (Å²) in [6, 6.07) is 0.796. The molecule has 1 fully saturated rings. The van der Waals surface area contributed by atoms with Crippen molar-refractivity contribution < 1.29 is 4.74 Å². The average Bonchev–Trinajstić information content (AvgIpc) is 2.20. The zero-order valence-corrected chi connectivity index (χ0v) is 6.61. The van der Waals surface area contributed by atoms with Gasteiger partial charge in [-0.25, -0.2) is 0 Å². The van der Waals surface area contributed by atoms with Crippen molar-refractivity contribution in [3.05, 3.63) is 0 Å². The van der Waals surface area contributed by atoms with Gasteiger partial charge in [0, 0.05) is 20.3 Å². The van der Waals surface area contributed by atoms with E-state index >= 15 is 0 Å². The maximum Gasteiger partial charge on any atom is 0.0351 e. The van der Waals surface area contributed by atoms with Crippen LogP contribution in [0.15, 0.2) is 0 Å². The Hall–Kier alpha value is -0.0800. The van der Waals surface area contributed by atoms with E-state index in [4.69, 9.17) is 0 Å². The number of hydrogen-bond acceptors (Lipinski definition) is 2. The molecule has 0 radical (unpaired) electrons. The molecule has 56 valence electrons. The van der Waals surface area contributed by atoms with Crippen molar-refractivity contribution in [3.8, 4) is 0 Å². The van der Waals surface area contributed by atoms with E-state index in [0.717, 1.165) is 6.04 Å². The van der Waals surface area contributed by atoms with Gasteiger partial charge in [-0.05, 0) is 26.3 Å². The third kappa shape index (κ3) is 5.80. The van der Waals surface area contributed by atoms with Crippen LogP contribution in [0.2, 0.25) is 0 Å². The molecule has 0 saturated carbocycles. The van der Waals surface area contributed by atoms with Crippen molar-refractivity contribution in [2.75, 3.05) is 20.8 Å². The van der Waals surface area contributed by atoms with Gasteiger partial charge in [-0.15, -0.1) is 0 Å². The Morgan fingerprint density at radius 3 is 2.11 bits per heavy atom. The normalized spacial score (nSPS) is 25.0. The predicted molar refractivity (Wildman–Crippen MR) is 39.6 cm³/mol. The molecule has 1 N–H and O–H groups in total. The van der Waals surface area contributed by atoms with E-state index in [1.807, 2.05) is 0 Å². The van der Waals surface area contributed by atoms with E-state index < -0.39 is 0 Å². The lowest BCUT2D eigenvalue weighted by Crippen LogP contribution is -2.16. The molecule has 1 atom stereocenters. The lowest BCUT2D eigenvalue weighted by molar-refractivity contribution is 0.277. The second-order valence-electron chi connectivity index (χ2n) is 2.41. The molecule has 1 heterocycles. The summed E-state index contributed by atoms with van der Waals surface area (Å²) >= 11 is 0. The first kappa shape index (κ1) is 8.92. The Morgan fingerprint density at radius 1 is 1.44 bits per heavy atom. The summed E-state index contributed by atoms with van der Waals surface area (Å²) in [4.78, 5) is 0. The lowest BCUT2D eigenvalue weighted by atomic mass is 10.3. The molecule has 0 bridgehead atoms. The molecule has 1 unspecified atom stereocenters. The molecule has 2 heteroatoms. The van der Waals surface area contributed by atoms with E-state index in [9.17, 15) is 0 Å². The third-order valence-electron chi connectivity index (χ3n) is 1.31. The van der Waals surface area contributed by atoms with Gasteiger partial charge >= 0.3 is 0 Å². The van der Waals surface area contributed by atoms with Gasteiger partial charge in [0.15, 0.2) is 0 Å². The standard InChI is InChI=1S/C5H11N.C2H6O/c1-5-3-2-4-6-5;1-3-2/h5-6H,2-4H2,1H3;1-2H3. The first-order valence-corrected chi connectivity index (χ1v) is 3.44. The van der Waals surface area contributed by atoms with Crippen LogP contribution in [0, 0.1) is 0 Å². The van der Waals surface area contributed by atoms with Gasteiger partial charge in [0.2, 0.25) is 0 Å². The van der Waals surface area contributed by atoms with Crippen molar-refractivity contribution in [2.45, 2.75) is 25.8 Å². The highest BCUT2D eigenvalue weighted by Crippen LogP contribution is 2.01. The van der Waals surface area contributed by atoms with E-state index in [1.165, 1.54) is 19.4 Å². The molecular formula is C7H17NO. The summed E-state index contributed by atoms with van der Waals surface area (Å²) in [5.41, 5.74) is 0. The van der Waals surface area contributed by atoms with Crippen LogP contribution in [-0.2, 0) is 4.74 Å². The molecule has 0 aliphatic carbocycles. The van der Waals surface area contributed by atoms with Crippen LogP contribution in [0.25, 0.3) is 0 Å². The Morgan fingerprint density at radius 2 is 2.00 bits per heavy atom. The molecule has 1 saturated heterocycles. The maximum atomic E-state index is 4.25. The fourth-order valence-corrected chi connectivity index (χ4v) is 0.859. The molecular weight excluding hydrogens is 114 g/mol. The minimum Gasteiger partial charge on any atom is -0.388 e. The number of ether oxygens (including phenoxy) is 1. The zero-order valence-electron chi connectivity index (χ0n) is 6.61. The molecule has 2 nitrogen and oxygen atoms in total. The second-order valence-corrected chi connectivity index (χ2v) is 2.41. The van der Waals surface area contributed by atoms with Crippen LogP contribution in [-0.4, -0.2) is 26.8 Å². The highest BCUT2D eigenvalue weighted by molar-refractivity contribution is 4.67.